The van der Waals surface area contributed by atoms with Gasteiger partial charge in [0, 0.05) is 19.0 Å². The predicted octanol–water partition coefficient (Wildman–Crippen LogP) is 2.30. The number of rotatable bonds is 3. The molecule has 2 atom stereocenters. The van der Waals surface area contributed by atoms with Gasteiger partial charge in [0.2, 0.25) is 0 Å². The highest BCUT2D eigenvalue weighted by Gasteiger charge is 2.28. The molecule has 0 amide bonds. The summed E-state index contributed by atoms with van der Waals surface area (Å²) in [5.41, 5.74) is 0. The van der Waals surface area contributed by atoms with Gasteiger partial charge in [0.25, 0.3) is 0 Å². The van der Waals surface area contributed by atoms with Gasteiger partial charge in [0.05, 0.1) is 0 Å². The lowest BCUT2D eigenvalue weighted by atomic mass is 9.86. The number of alkyl halides is 1. The molecule has 2 heterocycles. The molecule has 0 radical (unpaired) electrons. The van der Waals surface area contributed by atoms with Gasteiger partial charge in [-0.15, -0.1) is 0 Å². The molecule has 100 valence electrons. The number of piperidine rings is 2. The Bertz CT molecular complexity index is 224. The first-order valence-electron chi connectivity index (χ1n) is 7.24. The molecule has 0 aliphatic carbocycles. The van der Waals surface area contributed by atoms with Crippen molar-refractivity contribution in [2.75, 3.05) is 32.7 Å². The Kier molecular flexibility index (Phi) is 4.80. The Morgan fingerprint density at radius 1 is 1.24 bits per heavy atom. The largest absolute Gasteiger partial charge is 0.314 e. The van der Waals surface area contributed by atoms with Crippen LogP contribution in [0.5, 0.6) is 0 Å². The Balaban J connectivity index is 1.73. The summed E-state index contributed by atoms with van der Waals surface area (Å²) in [6.07, 6.45) is 2.98. The third-order valence-corrected chi connectivity index (χ3v) is 4.61. The molecule has 0 aromatic heterocycles. The summed E-state index contributed by atoms with van der Waals surface area (Å²) in [7, 11) is 0. The molecule has 2 rings (SSSR count). The molecular formula is C14H27FN2. The van der Waals surface area contributed by atoms with E-state index in [4.69, 9.17) is 0 Å². The molecule has 0 unspecified atom stereocenters. The normalized spacial score (nSPS) is 33.2. The van der Waals surface area contributed by atoms with E-state index in [1.807, 2.05) is 0 Å². The molecule has 2 aliphatic heterocycles. The van der Waals surface area contributed by atoms with E-state index < -0.39 is 6.17 Å². The third-order valence-electron chi connectivity index (χ3n) is 4.61. The van der Waals surface area contributed by atoms with Crippen molar-refractivity contribution in [2.45, 2.75) is 39.3 Å². The van der Waals surface area contributed by atoms with Gasteiger partial charge < -0.3 is 10.2 Å². The fourth-order valence-corrected chi connectivity index (χ4v) is 3.21. The molecule has 2 nitrogen and oxygen atoms in total. The summed E-state index contributed by atoms with van der Waals surface area (Å²) >= 11 is 0. The highest BCUT2D eigenvalue weighted by Crippen LogP contribution is 2.26. The van der Waals surface area contributed by atoms with Gasteiger partial charge in [-0.05, 0) is 50.7 Å². The zero-order chi connectivity index (χ0) is 12.3. The van der Waals surface area contributed by atoms with Gasteiger partial charge >= 0.3 is 0 Å². The molecule has 2 saturated heterocycles. The van der Waals surface area contributed by atoms with Gasteiger partial charge in [0.1, 0.15) is 6.17 Å². The topological polar surface area (TPSA) is 15.3 Å². The SMILES string of the molecule is CC(C)C1CCN(C[C@H]2CCNC[C@H]2F)CC1. The van der Waals surface area contributed by atoms with Gasteiger partial charge in [-0.3, -0.25) is 0 Å². The molecule has 17 heavy (non-hydrogen) atoms. The summed E-state index contributed by atoms with van der Waals surface area (Å²) in [5.74, 6) is 1.97. The average molecular weight is 242 g/mol. The summed E-state index contributed by atoms with van der Waals surface area (Å²) in [5, 5.41) is 3.13. The van der Waals surface area contributed by atoms with Crippen molar-refractivity contribution in [3.05, 3.63) is 0 Å². The van der Waals surface area contributed by atoms with Crippen molar-refractivity contribution in [1.82, 2.24) is 10.2 Å². The van der Waals surface area contributed by atoms with Crippen LogP contribution in [0.4, 0.5) is 4.39 Å². The number of nitrogens with one attached hydrogen (secondary N) is 1. The fraction of sp³-hybridized carbons (Fsp3) is 1.00. The summed E-state index contributed by atoms with van der Waals surface area (Å²) in [6, 6.07) is 0. The van der Waals surface area contributed by atoms with Crippen LogP contribution >= 0.6 is 0 Å². The Hall–Kier alpha value is -0.150. The number of nitrogens with zero attached hydrogens (tertiary/aromatic N) is 1. The number of hydrogen-bond acceptors (Lipinski definition) is 2. The quantitative estimate of drug-likeness (QED) is 0.817. The smallest absolute Gasteiger partial charge is 0.117 e. The van der Waals surface area contributed by atoms with Crippen molar-refractivity contribution in [3.8, 4) is 0 Å². The maximum atomic E-state index is 13.7. The Labute approximate surface area is 105 Å². The van der Waals surface area contributed by atoms with Gasteiger partial charge in [-0.25, -0.2) is 4.39 Å². The van der Waals surface area contributed by atoms with Crippen LogP contribution in [-0.4, -0.2) is 43.8 Å². The third kappa shape index (κ3) is 3.65. The molecular weight excluding hydrogens is 215 g/mol. The highest BCUT2D eigenvalue weighted by atomic mass is 19.1. The predicted molar refractivity (Wildman–Crippen MR) is 69.9 cm³/mol. The second-order valence-electron chi connectivity index (χ2n) is 6.15. The van der Waals surface area contributed by atoms with Crippen molar-refractivity contribution >= 4 is 0 Å². The number of halogens is 1. The van der Waals surface area contributed by atoms with Crippen molar-refractivity contribution < 1.29 is 4.39 Å². The fourth-order valence-electron chi connectivity index (χ4n) is 3.21. The minimum atomic E-state index is -0.633. The van der Waals surface area contributed by atoms with Crippen LogP contribution in [0.25, 0.3) is 0 Å². The van der Waals surface area contributed by atoms with E-state index in [1.54, 1.807) is 0 Å². The van der Waals surface area contributed by atoms with E-state index in [9.17, 15) is 4.39 Å². The van der Waals surface area contributed by atoms with Crippen LogP contribution in [0.2, 0.25) is 0 Å². The lowest BCUT2D eigenvalue weighted by Crippen LogP contribution is -2.45. The molecule has 0 spiro atoms. The second kappa shape index (κ2) is 6.14. The van der Waals surface area contributed by atoms with E-state index in [0.717, 1.165) is 31.3 Å². The van der Waals surface area contributed by atoms with E-state index in [1.165, 1.54) is 25.9 Å². The molecule has 3 heteroatoms. The van der Waals surface area contributed by atoms with Gasteiger partial charge in [-0.2, -0.15) is 0 Å². The van der Waals surface area contributed by atoms with E-state index in [-0.39, 0.29) is 5.92 Å². The molecule has 0 bridgehead atoms. The van der Waals surface area contributed by atoms with E-state index in [2.05, 4.69) is 24.1 Å². The lowest BCUT2D eigenvalue weighted by molar-refractivity contribution is 0.0929. The summed E-state index contributed by atoms with van der Waals surface area (Å²) in [6.45, 7) is 9.54. The van der Waals surface area contributed by atoms with E-state index >= 15 is 0 Å². The van der Waals surface area contributed by atoms with Crippen LogP contribution < -0.4 is 5.32 Å². The van der Waals surface area contributed by atoms with Gasteiger partial charge in [-0.1, -0.05) is 13.8 Å². The highest BCUT2D eigenvalue weighted by molar-refractivity contribution is 4.82. The first-order chi connectivity index (χ1) is 8.16. The minimum Gasteiger partial charge on any atom is -0.314 e. The second-order valence-corrected chi connectivity index (χ2v) is 6.15. The molecule has 2 aliphatic rings. The molecule has 1 N–H and O–H groups in total. The zero-order valence-corrected chi connectivity index (χ0v) is 11.3. The Morgan fingerprint density at radius 2 is 1.94 bits per heavy atom. The molecule has 0 aromatic carbocycles. The van der Waals surface area contributed by atoms with Crippen LogP contribution in [0, 0.1) is 17.8 Å². The number of hydrogen-bond donors (Lipinski definition) is 1. The van der Waals surface area contributed by atoms with Crippen molar-refractivity contribution in [1.29, 1.82) is 0 Å². The summed E-state index contributed by atoms with van der Waals surface area (Å²) in [4.78, 5) is 2.49. The standard InChI is InChI=1S/C14H27FN2/c1-11(2)12-4-7-17(8-5-12)10-13-3-6-16-9-14(13)15/h11-14,16H,3-10H2,1-2H3/t13-,14-/m1/s1. The summed E-state index contributed by atoms with van der Waals surface area (Å²) < 4.78 is 13.7. The number of likely N-dealkylation sites (tertiary alicyclic amines) is 1. The zero-order valence-electron chi connectivity index (χ0n) is 11.3. The maximum Gasteiger partial charge on any atom is 0.117 e. The molecule has 2 fully saturated rings. The van der Waals surface area contributed by atoms with Crippen LogP contribution in [0.15, 0.2) is 0 Å². The first-order valence-corrected chi connectivity index (χ1v) is 7.24. The van der Waals surface area contributed by atoms with Crippen molar-refractivity contribution in [2.24, 2.45) is 17.8 Å². The lowest BCUT2D eigenvalue weighted by Gasteiger charge is -2.37. The van der Waals surface area contributed by atoms with Crippen LogP contribution in [-0.2, 0) is 0 Å². The monoisotopic (exact) mass is 242 g/mol. The van der Waals surface area contributed by atoms with Crippen LogP contribution in [0.1, 0.15) is 33.1 Å². The minimum absolute atomic E-state index is 0.270. The van der Waals surface area contributed by atoms with E-state index in [0.29, 0.717) is 6.54 Å². The van der Waals surface area contributed by atoms with Crippen LogP contribution in [0.3, 0.4) is 0 Å². The maximum absolute atomic E-state index is 13.7. The molecule has 0 saturated carbocycles. The van der Waals surface area contributed by atoms with Gasteiger partial charge in [0.15, 0.2) is 0 Å². The first kappa shape index (κ1) is 13.3. The van der Waals surface area contributed by atoms with Crippen molar-refractivity contribution in [3.63, 3.8) is 0 Å². The molecule has 0 aromatic rings. The Morgan fingerprint density at radius 3 is 2.53 bits per heavy atom. The average Bonchev–Trinajstić information content (AvgIpc) is 2.33.